The van der Waals surface area contributed by atoms with Crippen LogP contribution in [0.2, 0.25) is 0 Å². The number of unbranched alkanes of at least 4 members (excludes halogenated alkanes) is 2. The zero-order valence-electron chi connectivity index (χ0n) is 15.5. The van der Waals surface area contributed by atoms with E-state index in [2.05, 4.69) is 30.7 Å². The first-order valence-corrected chi connectivity index (χ1v) is 8.89. The zero-order valence-corrected chi connectivity index (χ0v) is 15.5. The molecule has 0 aliphatic heterocycles. The summed E-state index contributed by atoms with van der Waals surface area (Å²) < 4.78 is 16.5. The monoisotopic (exact) mass is 333 g/mol. The van der Waals surface area contributed by atoms with E-state index in [0.29, 0.717) is 25.2 Å². The van der Waals surface area contributed by atoms with Crippen molar-refractivity contribution >= 4 is 0 Å². The van der Waals surface area contributed by atoms with E-state index >= 15 is 0 Å². The fourth-order valence-electron chi connectivity index (χ4n) is 1.89. The van der Waals surface area contributed by atoms with Gasteiger partial charge in [-0.1, -0.05) is 11.8 Å². The molecule has 0 bridgehead atoms. The van der Waals surface area contributed by atoms with Crippen molar-refractivity contribution < 1.29 is 14.2 Å². The van der Waals surface area contributed by atoms with Crippen LogP contribution in [0.25, 0.3) is 0 Å². The molecule has 24 heavy (non-hydrogen) atoms. The van der Waals surface area contributed by atoms with Gasteiger partial charge in [0.1, 0.15) is 0 Å². The average molecular weight is 333 g/mol. The quantitative estimate of drug-likeness (QED) is 0.449. The Hall–Kier alpha value is -1.57. The first-order chi connectivity index (χ1) is 11.6. The molecule has 0 amide bonds. The fraction of sp³-hybridized carbons (Fsp3) is 0.650. The minimum absolute atomic E-state index is 0.267. The summed E-state index contributed by atoms with van der Waals surface area (Å²) in [4.78, 5) is 4.27. The lowest BCUT2D eigenvalue weighted by atomic mass is 10.2. The molecule has 0 aliphatic rings. The highest BCUT2D eigenvalue weighted by Crippen LogP contribution is 2.07. The SMILES string of the molecule is CC(C)OCCCCC#Cc1ccc(OCCCOC(C)C)nc1. The van der Waals surface area contributed by atoms with Gasteiger partial charge in [-0.2, -0.15) is 0 Å². The van der Waals surface area contributed by atoms with Crippen LogP contribution in [-0.4, -0.2) is 37.0 Å². The normalized spacial score (nSPS) is 10.8. The standard InChI is InChI=1S/C20H31NO3/c1-17(2)22-13-8-6-5-7-10-19-11-12-20(21-16-19)24-15-9-14-23-18(3)4/h11-12,16-18H,5-6,8-9,13-15H2,1-4H3. The van der Waals surface area contributed by atoms with Crippen molar-refractivity contribution in [2.45, 2.75) is 65.6 Å². The first-order valence-electron chi connectivity index (χ1n) is 8.89. The second kappa shape index (κ2) is 12.8. The Morgan fingerprint density at radius 2 is 1.62 bits per heavy atom. The Bertz CT molecular complexity index is 486. The maximum absolute atomic E-state index is 5.58. The Labute approximate surface area is 146 Å². The summed E-state index contributed by atoms with van der Waals surface area (Å²) in [6.45, 7) is 10.3. The number of hydrogen-bond donors (Lipinski definition) is 0. The summed E-state index contributed by atoms with van der Waals surface area (Å²) in [6, 6.07) is 3.81. The van der Waals surface area contributed by atoms with Crippen molar-refractivity contribution in [3.8, 4) is 17.7 Å². The van der Waals surface area contributed by atoms with Crippen LogP contribution < -0.4 is 4.74 Å². The van der Waals surface area contributed by atoms with Crippen LogP contribution in [0.4, 0.5) is 0 Å². The van der Waals surface area contributed by atoms with Gasteiger partial charge >= 0.3 is 0 Å². The molecular weight excluding hydrogens is 302 g/mol. The van der Waals surface area contributed by atoms with E-state index in [-0.39, 0.29) is 6.10 Å². The lowest BCUT2D eigenvalue weighted by molar-refractivity contribution is 0.0691. The van der Waals surface area contributed by atoms with E-state index in [1.54, 1.807) is 6.20 Å². The topological polar surface area (TPSA) is 40.6 Å². The molecule has 0 radical (unpaired) electrons. The molecule has 0 unspecified atom stereocenters. The number of ether oxygens (including phenoxy) is 3. The van der Waals surface area contributed by atoms with Crippen LogP contribution in [0.3, 0.4) is 0 Å². The van der Waals surface area contributed by atoms with Crippen LogP contribution in [0.1, 0.15) is 58.9 Å². The van der Waals surface area contributed by atoms with Crippen LogP contribution in [-0.2, 0) is 9.47 Å². The van der Waals surface area contributed by atoms with Gasteiger partial charge in [-0.05, 0) is 46.6 Å². The Kier molecular flexibility index (Phi) is 10.9. The second-order valence-corrected chi connectivity index (χ2v) is 6.19. The Morgan fingerprint density at radius 3 is 2.25 bits per heavy atom. The smallest absolute Gasteiger partial charge is 0.213 e. The zero-order chi connectivity index (χ0) is 17.6. The van der Waals surface area contributed by atoms with Crippen LogP contribution in [0.5, 0.6) is 5.88 Å². The number of pyridine rings is 1. The minimum Gasteiger partial charge on any atom is -0.478 e. The molecule has 4 heteroatoms. The fourth-order valence-corrected chi connectivity index (χ4v) is 1.89. The maximum atomic E-state index is 5.58. The van der Waals surface area contributed by atoms with Gasteiger partial charge in [0, 0.05) is 37.3 Å². The predicted molar refractivity (Wildman–Crippen MR) is 97.3 cm³/mol. The summed E-state index contributed by atoms with van der Waals surface area (Å²) >= 11 is 0. The number of aromatic nitrogens is 1. The molecule has 0 saturated carbocycles. The highest BCUT2D eigenvalue weighted by Gasteiger charge is 1.97. The molecule has 0 N–H and O–H groups in total. The summed E-state index contributed by atoms with van der Waals surface area (Å²) in [6.07, 6.45) is 6.20. The van der Waals surface area contributed by atoms with Gasteiger partial charge in [0.2, 0.25) is 5.88 Å². The van der Waals surface area contributed by atoms with Crippen molar-refractivity contribution in [2.75, 3.05) is 19.8 Å². The lowest BCUT2D eigenvalue weighted by Gasteiger charge is -2.08. The summed E-state index contributed by atoms with van der Waals surface area (Å²) in [7, 11) is 0. The largest absolute Gasteiger partial charge is 0.478 e. The molecule has 0 atom stereocenters. The molecule has 1 aromatic rings. The highest BCUT2D eigenvalue weighted by molar-refractivity contribution is 5.33. The summed E-state index contributed by atoms with van der Waals surface area (Å²) in [5, 5.41) is 0. The number of hydrogen-bond acceptors (Lipinski definition) is 4. The van der Waals surface area contributed by atoms with E-state index < -0.39 is 0 Å². The third kappa shape index (κ3) is 11.0. The van der Waals surface area contributed by atoms with Gasteiger partial charge in [-0.25, -0.2) is 4.98 Å². The van der Waals surface area contributed by atoms with Crippen molar-refractivity contribution in [3.05, 3.63) is 23.9 Å². The van der Waals surface area contributed by atoms with Crippen LogP contribution in [0, 0.1) is 11.8 Å². The first kappa shape index (κ1) is 20.5. The third-order valence-corrected chi connectivity index (χ3v) is 3.11. The van der Waals surface area contributed by atoms with Gasteiger partial charge in [0.05, 0.1) is 25.4 Å². The van der Waals surface area contributed by atoms with Crippen molar-refractivity contribution in [1.29, 1.82) is 0 Å². The van der Waals surface area contributed by atoms with Gasteiger partial charge in [0.25, 0.3) is 0 Å². The van der Waals surface area contributed by atoms with Crippen molar-refractivity contribution in [1.82, 2.24) is 4.98 Å². The maximum Gasteiger partial charge on any atom is 0.213 e. The van der Waals surface area contributed by atoms with Crippen LogP contribution >= 0.6 is 0 Å². The highest BCUT2D eigenvalue weighted by atomic mass is 16.5. The van der Waals surface area contributed by atoms with E-state index in [1.165, 1.54) is 0 Å². The number of nitrogens with zero attached hydrogens (tertiary/aromatic N) is 1. The predicted octanol–water partition coefficient (Wildman–Crippen LogP) is 4.22. The van der Waals surface area contributed by atoms with E-state index in [9.17, 15) is 0 Å². The average Bonchev–Trinajstić information content (AvgIpc) is 2.54. The molecule has 0 spiro atoms. The lowest BCUT2D eigenvalue weighted by Crippen LogP contribution is -2.08. The molecule has 0 saturated heterocycles. The molecule has 4 nitrogen and oxygen atoms in total. The second-order valence-electron chi connectivity index (χ2n) is 6.19. The number of rotatable bonds is 11. The molecule has 0 aromatic carbocycles. The van der Waals surface area contributed by atoms with Crippen molar-refractivity contribution in [2.24, 2.45) is 0 Å². The van der Waals surface area contributed by atoms with Gasteiger partial charge < -0.3 is 14.2 Å². The Morgan fingerprint density at radius 1 is 0.917 bits per heavy atom. The molecule has 1 heterocycles. The van der Waals surface area contributed by atoms with Gasteiger partial charge in [0.15, 0.2) is 0 Å². The molecule has 0 aliphatic carbocycles. The van der Waals surface area contributed by atoms with Gasteiger partial charge in [-0.3, -0.25) is 0 Å². The summed E-state index contributed by atoms with van der Waals surface area (Å²) in [5.74, 6) is 6.94. The molecule has 1 rings (SSSR count). The Balaban J connectivity index is 2.17. The minimum atomic E-state index is 0.267. The van der Waals surface area contributed by atoms with E-state index in [4.69, 9.17) is 14.2 Å². The van der Waals surface area contributed by atoms with Crippen molar-refractivity contribution in [3.63, 3.8) is 0 Å². The summed E-state index contributed by atoms with van der Waals surface area (Å²) in [5.41, 5.74) is 0.920. The van der Waals surface area contributed by atoms with Gasteiger partial charge in [-0.15, -0.1) is 0 Å². The van der Waals surface area contributed by atoms with E-state index in [0.717, 1.165) is 37.9 Å². The third-order valence-electron chi connectivity index (χ3n) is 3.11. The molecule has 134 valence electrons. The molecule has 0 fully saturated rings. The van der Waals surface area contributed by atoms with Crippen LogP contribution in [0.15, 0.2) is 18.3 Å². The van der Waals surface area contributed by atoms with E-state index in [1.807, 2.05) is 26.0 Å². The molecular formula is C20H31NO3. The molecule has 1 aromatic heterocycles.